The molecule has 34 heavy (non-hydrogen) atoms. The number of amides is 1. The van der Waals surface area contributed by atoms with Crippen LogP contribution in [0.25, 0.3) is 0 Å². The van der Waals surface area contributed by atoms with E-state index in [1.165, 1.54) is 17.7 Å². The number of piperidine rings is 1. The molecule has 1 aliphatic heterocycles. The van der Waals surface area contributed by atoms with Crippen molar-refractivity contribution in [2.45, 2.75) is 31.2 Å². The highest BCUT2D eigenvalue weighted by Crippen LogP contribution is 2.23. The Morgan fingerprint density at radius 1 is 0.912 bits per heavy atom. The van der Waals surface area contributed by atoms with E-state index in [4.69, 9.17) is 11.6 Å². The number of sulfonamides is 1. The molecule has 0 unspecified atom stereocenters. The van der Waals surface area contributed by atoms with Gasteiger partial charge in [0.25, 0.3) is 10.0 Å². The lowest BCUT2D eigenvalue weighted by Gasteiger charge is -2.31. The van der Waals surface area contributed by atoms with Gasteiger partial charge in [-0.25, -0.2) is 8.42 Å². The molecule has 8 heteroatoms. The summed E-state index contributed by atoms with van der Waals surface area (Å²) in [6.45, 7) is 4.49. The van der Waals surface area contributed by atoms with Gasteiger partial charge in [-0.3, -0.25) is 14.4 Å². The Morgan fingerprint density at radius 2 is 1.50 bits per heavy atom. The van der Waals surface area contributed by atoms with Crippen molar-refractivity contribution in [2.75, 3.05) is 23.1 Å². The number of nitrogens with one attached hydrogen (secondary N) is 2. The van der Waals surface area contributed by atoms with Crippen molar-refractivity contribution in [2.24, 2.45) is 5.92 Å². The van der Waals surface area contributed by atoms with Crippen LogP contribution in [0.3, 0.4) is 0 Å². The minimum Gasteiger partial charge on any atom is -0.326 e. The lowest BCUT2D eigenvalue weighted by molar-refractivity contribution is -0.121. The summed E-state index contributed by atoms with van der Waals surface area (Å²) in [5.41, 5.74) is 3.35. The summed E-state index contributed by atoms with van der Waals surface area (Å²) in [5.74, 6) is -0.0902. The van der Waals surface area contributed by atoms with Crippen molar-refractivity contribution in [1.29, 1.82) is 0 Å². The Hall–Kier alpha value is -2.87. The highest BCUT2D eigenvalue weighted by molar-refractivity contribution is 7.92. The second kappa shape index (κ2) is 10.6. The molecule has 0 aromatic heterocycles. The topological polar surface area (TPSA) is 78.5 Å². The van der Waals surface area contributed by atoms with Gasteiger partial charge in [-0.15, -0.1) is 0 Å². The molecule has 0 bridgehead atoms. The number of rotatable bonds is 7. The van der Waals surface area contributed by atoms with Gasteiger partial charge in [-0.1, -0.05) is 41.4 Å². The molecule has 1 aliphatic rings. The monoisotopic (exact) mass is 497 g/mol. The van der Waals surface area contributed by atoms with Gasteiger partial charge >= 0.3 is 0 Å². The van der Waals surface area contributed by atoms with Crippen LogP contribution in [0.1, 0.15) is 24.0 Å². The van der Waals surface area contributed by atoms with Gasteiger partial charge in [-0.05, 0) is 86.9 Å². The molecule has 1 fully saturated rings. The number of anilines is 2. The molecule has 0 saturated carbocycles. The van der Waals surface area contributed by atoms with Crippen LogP contribution in [0.2, 0.25) is 5.02 Å². The molecule has 0 aliphatic carbocycles. The highest BCUT2D eigenvalue weighted by atomic mass is 35.5. The van der Waals surface area contributed by atoms with E-state index in [2.05, 4.69) is 14.9 Å². The van der Waals surface area contributed by atoms with Crippen molar-refractivity contribution in [1.82, 2.24) is 4.90 Å². The maximum absolute atomic E-state index is 12.7. The summed E-state index contributed by atoms with van der Waals surface area (Å²) < 4.78 is 27.8. The van der Waals surface area contributed by atoms with Gasteiger partial charge in [-0.2, -0.15) is 0 Å². The van der Waals surface area contributed by atoms with E-state index in [9.17, 15) is 13.2 Å². The summed E-state index contributed by atoms with van der Waals surface area (Å²) in [4.78, 5) is 15.2. The number of aryl methyl sites for hydroxylation is 1. The molecular formula is C26H28ClN3O3S. The van der Waals surface area contributed by atoms with Crippen LogP contribution in [-0.4, -0.2) is 32.3 Å². The van der Waals surface area contributed by atoms with E-state index in [-0.39, 0.29) is 16.7 Å². The van der Waals surface area contributed by atoms with Crippen LogP contribution < -0.4 is 10.0 Å². The predicted octanol–water partition coefficient (Wildman–Crippen LogP) is 5.30. The normalized spacial score (nSPS) is 15.1. The van der Waals surface area contributed by atoms with Crippen molar-refractivity contribution < 1.29 is 13.2 Å². The van der Waals surface area contributed by atoms with Gasteiger partial charge in [0.15, 0.2) is 0 Å². The second-order valence-electron chi connectivity index (χ2n) is 8.66. The zero-order chi connectivity index (χ0) is 24.1. The molecule has 1 amide bonds. The van der Waals surface area contributed by atoms with Gasteiger partial charge in [0.1, 0.15) is 0 Å². The average molecular weight is 498 g/mol. The first-order valence-corrected chi connectivity index (χ1v) is 13.1. The molecule has 0 radical (unpaired) electrons. The van der Waals surface area contributed by atoms with Crippen molar-refractivity contribution in [3.05, 3.63) is 88.9 Å². The molecule has 1 saturated heterocycles. The molecule has 3 aromatic rings. The summed E-state index contributed by atoms with van der Waals surface area (Å²) in [5, 5.41) is 3.66. The number of nitrogens with zero attached hydrogens (tertiary/aromatic N) is 1. The Labute approximate surface area is 206 Å². The maximum atomic E-state index is 12.7. The number of carbonyl (C=O) groups excluding carboxylic acids is 1. The summed E-state index contributed by atoms with van der Waals surface area (Å²) in [6, 6.07) is 21.2. The van der Waals surface area contributed by atoms with Gasteiger partial charge < -0.3 is 5.32 Å². The first kappa shape index (κ1) is 24.3. The number of hydrogen-bond acceptors (Lipinski definition) is 4. The standard InChI is InChI=1S/C26H28ClN3O3S/c1-19-2-8-24(9-3-19)29-34(32,33)25-12-10-23(11-13-25)28-26(31)21-14-16-30(17-15-21)18-20-4-6-22(27)7-5-20/h2-13,21,29H,14-18H2,1H3,(H,28,31). The number of carbonyl (C=O) groups is 1. The molecule has 4 rings (SSSR count). The zero-order valence-corrected chi connectivity index (χ0v) is 20.6. The summed E-state index contributed by atoms with van der Waals surface area (Å²) >= 11 is 5.95. The van der Waals surface area contributed by atoms with Crippen molar-refractivity contribution in [3.63, 3.8) is 0 Å². The summed E-state index contributed by atoms with van der Waals surface area (Å²) in [7, 11) is -3.70. The number of likely N-dealkylation sites (tertiary alicyclic amines) is 1. The van der Waals surface area contributed by atoms with Gasteiger partial charge in [0.05, 0.1) is 4.90 Å². The number of benzene rings is 3. The van der Waals surface area contributed by atoms with E-state index in [0.717, 1.165) is 43.1 Å². The van der Waals surface area contributed by atoms with Crippen LogP contribution in [0.15, 0.2) is 77.7 Å². The van der Waals surface area contributed by atoms with Gasteiger partial charge in [0, 0.05) is 28.9 Å². The highest BCUT2D eigenvalue weighted by Gasteiger charge is 2.25. The van der Waals surface area contributed by atoms with E-state index < -0.39 is 10.0 Å². The van der Waals surface area contributed by atoms with E-state index in [1.54, 1.807) is 24.3 Å². The first-order valence-electron chi connectivity index (χ1n) is 11.3. The van der Waals surface area contributed by atoms with Crippen LogP contribution in [0.5, 0.6) is 0 Å². The molecule has 2 N–H and O–H groups in total. The minimum absolute atomic E-state index is 0.0282. The third-order valence-corrected chi connectivity index (χ3v) is 7.66. The van der Waals surface area contributed by atoms with E-state index >= 15 is 0 Å². The predicted molar refractivity (Wildman–Crippen MR) is 137 cm³/mol. The lowest BCUT2D eigenvalue weighted by Crippen LogP contribution is -2.37. The maximum Gasteiger partial charge on any atom is 0.261 e. The molecule has 6 nitrogen and oxygen atoms in total. The summed E-state index contributed by atoms with van der Waals surface area (Å²) in [6.07, 6.45) is 1.57. The Morgan fingerprint density at radius 3 is 2.12 bits per heavy atom. The fourth-order valence-electron chi connectivity index (χ4n) is 4.00. The molecular weight excluding hydrogens is 470 g/mol. The zero-order valence-electron chi connectivity index (χ0n) is 19.0. The SMILES string of the molecule is Cc1ccc(NS(=O)(=O)c2ccc(NC(=O)C3CCN(Cc4ccc(Cl)cc4)CC3)cc2)cc1. The number of hydrogen-bond donors (Lipinski definition) is 2. The van der Waals surface area contributed by atoms with Crippen molar-refractivity contribution in [3.8, 4) is 0 Å². The minimum atomic E-state index is -3.70. The molecule has 0 spiro atoms. The fraction of sp³-hybridized carbons (Fsp3) is 0.269. The largest absolute Gasteiger partial charge is 0.326 e. The van der Waals surface area contributed by atoms with E-state index in [0.29, 0.717) is 11.4 Å². The Balaban J connectivity index is 1.29. The van der Waals surface area contributed by atoms with Gasteiger partial charge in [0.2, 0.25) is 5.91 Å². The van der Waals surface area contributed by atoms with Crippen LogP contribution in [-0.2, 0) is 21.4 Å². The number of halogens is 1. The Bertz CT molecular complexity index is 1220. The van der Waals surface area contributed by atoms with Crippen LogP contribution in [0.4, 0.5) is 11.4 Å². The second-order valence-corrected chi connectivity index (χ2v) is 10.8. The third kappa shape index (κ3) is 6.38. The molecule has 0 atom stereocenters. The molecule has 3 aromatic carbocycles. The third-order valence-electron chi connectivity index (χ3n) is 6.01. The molecule has 1 heterocycles. The quantitative estimate of drug-likeness (QED) is 0.464. The Kier molecular flexibility index (Phi) is 7.56. The van der Waals surface area contributed by atoms with Crippen molar-refractivity contribution >= 4 is 38.9 Å². The van der Waals surface area contributed by atoms with Crippen LogP contribution >= 0.6 is 11.6 Å². The average Bonchev–Trinajstić information content (AvgIpc) is 2.83. The smallest absolute Gasteiger partial charge is 0.261 e. The fourth-order valence-corrected chi connectivity index (χ4v) is 5.18. The first-order chi connectivity index (χ1) is 16.3. The lowest BCUT2D eigenvalue weighted by atomic mass is 9.95. The van der Waals surface area contributed by atoms with E-state index in [1.807, 2.05) is 43.3 Å². The van der Waals surface area contributed by atoms with Crippen LogP contribution in [0, 0.1) is 12.8 Å². The molecule has 178 valence electrons.